The Hall–Kier alpha value is -3.06. The smallest absolute Gasteiger partial charge is 0.260 e. The number of ether oxygens (including phenoxy) is 1. The highest BCUT2D eigenvalue weighted by Gasteiger charge is 2.29. The molecule has 2 unspecified atom stereocenters. The molecule has 8 heteroatoms. The highest BCUT2D eigenvalue weighted by molar-refractivity contribution is 6.34. The third-order valence-electron chi connectivity index (χ3n) is 6.54. The Labute approximate surface area is 205 Å². The summed E-state index contributed by atoms with van der Waals surface area (Å²) in [4.78, 5) is 41.1. The molecule has 2 heterocycles. The fraction of sp³-hybridized carbons (Fsp3) is 0.423. The van der Waals surface area contributed by atoms with Gasteiger partial charge in [0.1, 0.15) is 5.75 Å². The zero-order valence-corrected chi connectivity index (χ0v) is 20.3. The van der Waals surface area contributed by atoms with Crippen molar-refractivity contribution in [1.29, 1.82) is 0 Å². The van der Waals surface area contributed by atoms with Crippen molar-refractivity contribution < 1.29 is 19.1 Å². The molecule has 3 amide bonds. The van der Waals surface area contributed by atoms with Gasteiger partial charge >= 0.3 is 0 Å². The molecule has 0 saturated carbocycles. The van der Waals surface area contributed by atoms with Crippen LogP contribution in [0.15, 0.2) is 42.5 Å². The average molecular weight is 484 g/mol. The van der Waals surface area contributed by atoms with Gasteiger partial charge in [0.15, 0.2) is 6.61 Å². The van der Waals surface area contributed by atoms with E-state index in [9.17, 15) is 14.4 Å². The number of piperidine rings is 1. The third kappa shape index (κ3) is 5.36. The van der Waals surface area contributed by atoms with Crippen LogP contribution in [0.4, 0.5) is 11.4 Å². The standard InChI is InChI=1S/C26H30ClN3O4/c1-17-5-3-6-18(2)30(17)25(32)16-34-21-11-8-19(9-12-21)26(33)28-23-15-20(10-13-22(23)27)29-14-4-7-24(29)31/h8-13,15,17-18H,3-7,14,16H2,1-2H3,(H,28,33). The molecule has 0 spiro atoms. The lowest BCUT2D eigenvalue weighted by Gasteiger charge is -2.38. The Balaban J connectivity index is 1.36. The summed E-state index contributed by atoms with van der Waals surface area (Å²) in [6, 6.07) is 12.2. The number of rotatable bonds is 6. The van der Waals surface area contributed by atoms with E-state index in [1.54, 1.807) is 47.4 Å². The molecule has 2 saturated heterocycles. The van der Waals surface area contributed by atoms with Crippen LogP contribution >= 0.6 is 11.6 Å². The molecule has 7 nitrogen and oxygen atoms in total. The molecule has 2 aromatic carbocycles. The molecule has 0 aromatic heterocycles. The number of carbonyl (C=O) groups is 3. The molecule has 2 aliphatic heterocycles. The van der Waals surface area contributed by atoms with Crippen molar-refractivity contribution >= 4 is 40.7 Å². The first-order valence-corrected chi connectivity index (χ1v) is 12.2. The second kappa shape index (κ2) is 10.5. The highest BCUT2D eigenvalue weighted by Crippen LogP contribution is 2.30. The zero-order valence-electron chi connectivity index (χ0n) is 19.6. The van der Waals surface area contributed by atoms with Gasteiger partial charge in [-0.1, -0.05) is 11.6 Å². The quantitative estimate of drug-likeness (QED) is 0.634. The van der Waals surface area contributed by atoms with E-state index in [-0.39, 0.29) is 36.4 Å². The topological polar surface area (TPSA) is 79.0 Å². The molecule has 34 heavy (non-hydrogen) atoms. The lowest BCUT2D eigenvalue weighted by Crippen LogP contribution is -2.49. The van der Waals surface area contributed by atoms with Crippen molar-refractivity contribution in [2.75, 3.05) is 23.4 Å². The number of carbonyl (C=O) groups excluding carboxylic acids is 3. The minimum Gasteiger partial charge on any atom is -0.484 e. The average Bonchev–Trinajstić information content (AvgIpc) is 3.25. The molecule has 0 bridgehead atoms. The molecule has 2 atom stereocenters. The Morgan fingerprint density at radius 2 is 1.76 bits per heavy atom. The van der Waals surface area contributed by atoms with Crippen molar-refractivity contribution in [2.45, 2.75) is 58.0 Å². The number of amides is 3. The number of benzene rings is 2. The fourth-order valence-corrected chi connectivity index (χ4v) is 4.89. The number of anilines is 2. The number of hydrogen-bond acceptors (Lipinski definition) is 4. The minimum absolute atomic E-state index is 0.0208. The summed E-state index contributed by atoms with van der Waals surface area (Å²) in [5.41, 5.74) is 1.59. The van der Waals surface area contributed by atoms with E-state index in [0.29, 0.717) is 40.7 Å². The largest absolute Gasteiger partial charge is 0.484 e. The third-order valence-corrected chi connectivity index (χ3v) is 6.87. The van der Waals surface area contributed by atoms with Crippen LogP contribution < -0.4 is 15.0 Å². The van der Waals surface area contributed by atoms with Crippen molar-refractivity contribution in [3.63, 3.8) is 0 Å². The predicted molar refractivity (Wildman–Crippen MR) is 133 cm³/mol. The Morgan fingerprint density at radius 3 is 2.41 bits per heavy atom. The lowest BCUT2D eigenvalue weighted by molar-refractivity contribution is -0.139. The van der Waals surface area contributed by atoms with Crippen molar-refractivity contribution in [3.05, 3.63) is 53.1 Å². The van der Waals surface area contributed by atoms with Crippen LogP contribution in [0.5, 0.6) is 5.75 Å². The second-order valence-electron chi connectivity index (χ2n) is 9.01. The molecule has 1 N–H and O–H groups in total. The maximum absolute atomic E-state index is 12.8. The van der Waals surface area contributed by atoms with Gasteiger partial charge in [-0.3, -0.25) is 14.4 Å². The highest BCUT2D eigenvalue weighted by atomic mass is 35.5. The first kappa shape index (κ1) is 24.1. The number of likely N-dealkylation sites (tertiary alicyclic amines) is 1. The molecule has 2 fully saturated rings. The van der Waals surface area contributed by atoms with Crippen LogP contribution in [0.3, 0.4) is 0 Å². The van der Waals surface area contributed by atoms with Gasteiger partial charge in [0.25, 0.3) is 11.8 Å². The van der Waals surface area contributed by atoms with E-state index in [0.717, 1.165) is 25.7 Å². The number of nitrogens with one attached hydrogen (secondary N) is 1. The molecule has 0 aliphatic carbocycles. The van der Waals surface area contributed by atoms with Crippen LogP contribution in [0, 0.1) is 0 Å². The first-order chi connectivity index (χ1) is 16.3. The number of halogens is 1. The molecule has 0 radical (unpaired) electrons. The molecular weight excluding hydrogens is 454 g/mol. The normalized spacial score (nSPS) is 20.4. The summed E-state index contributed by atoms with van der Waals surface area (Å²) in [6.07, 6.45) is 4.52. The van der Waals surface area contributed by atoms with Crippen LogP contribution in [0.25, 0.3) is 0 Å². The summed E-state index contributed by atoms with van der Waals surface area (Å²) in [5.74, 6) is 0.241. The minimum atomic E-state index is -0.328. The van der Waals surface area contributed by atoms with E-state index in [1.165, 1.54) is 0 Å². The van der Waals surface area contributed by atoms with Gasteiger partial charge in [-0.25, -0.2) is 0 Å². The van der Waals surface area contributed by atoms with Crippen LogP contribution in [-0.2, 0) is 9.59 Å². The van der Waals surface area contributed by atoms with Crippen molar-refractivity contribution in [1.82, 2.24) is 4.90 Å². The molecule has 4 rings (SSSR count). The van der Waals surface area contributed by atoms with E-state index < -0.39 is 0 Å². The summed E-state index contributed by atoms with van der Waals surface area (Å²) in [7, 11) is 0. The van der Waals surface area contributed by atoms with E-state index in [2.05, 4.69) is 19.2 Å². The summed E-state index contributed by atoms with van der Waals surface area (Å²) >= 11 is 6.28. The van der Waals surface area contributed by atoms with Gasteiger partial charge in [0.05, 0.1) is 10.7 Å². The van der Waals surface area contributed by atoms with Crippen LogP contribution in [-0.4, -0.2) is 47.9 Å². The Kier molecular flexibility index (Phi) is 7.41. The van der Waals surface area contributed by atoms with E-state index >= 15 is 0 Å². The summed E-state index contributed by atoms with van der Waals surface area (Å²) < 4.78 is 5.69. The first-order valence-electron chi connectivity index (χ1n) is 11.8. The molecule has 180 valence electrons. The predicted octanol–water partition coefficient (Wildman–Crippen LogP) is 4.89. The van der Waals surface area contributed by atoms with Crippen LogP contribution in [0.2, 0.25) is 5.02 Å². The van der Waals surface area contributed by atoms with Crippen molar-refractivity contribution in [2.24, 2.45) is 0 Å². The summed E-state index contributed by atoms with van der Waals surface area (Å²) in [6.45, 7) is 4.78. The summed E-state index contributed by atoms with van der Waals surface area (Å²) in [5, 5.41) is 3.21. The maximum Gasteiger partial charge on any atom is 0.260 e. The van der Waals surface area contributed by atoms with Crippen molar-refractivity contribution in [3.8, 4) is 5.75 Å². The zero-order chi connectivity index (χ0) is 24.2. The van der Waals surface area contributed by atoms with Gasteiger partial charge in [0, 0.05) is 36.3 Å². The maximum atomic E-state index is 12.8. The van der Waals surface area contributed by atoms with Crippen LogP contribution in [0.1, 0.15) is 56.3 Å². The molecule has 2 aromatic rings. The van der Waals surface area contributed by atoms with Gasteiger partial charge in [0.2, 0.25) is 5.91 Å². The van der Waals surface area contributed by atoms with E-state index in [4.69, 9.17) is 16.3 Å². The Morgan fingerprint density at radius 1 is 1.06 bits per heavy atom. The van der Waals surface area contributed by atoms with E-state index in [1.807, 2.05) is 4.90 Å². The van der Waals surface area contributed by atoms with Gasteiger partial charge in [-0.15, -0.1) is 0 Å². The SMILES string of the molecule is CC1CCCC(C)N1C(=O)COc1ccc(C(=O)Nc2cc(N3CCCC3=O)ccc2Cl)cc1. The molecular formula is C26H30ClN3O4. The lowest BCUT2D eigenvalue weighted by atomic mass is 9.97. The monoisotopic (exact) mass is 483 g/mol. The number of hydrogen-bond donors (Lipinski definition) is 1. The number of nitrogens with zero attached hydrogens (tertiary/aromatic N) is 2. The second-order valence-corrected chi connectivity index (χ2v) is 9.42. The van der Waals surface area contributed by atoms with Gasteiger partial charge in [-0.05, 0) is 82.0 Å². The van der Waals surface area contributed by atoms with Gasteiger partial charge < -0.3 is 19.9 Å². The molecule has 2 aliphatic rings. The van der Waals surface area contributed by atoms with Gasteiger partial charge in [-0.2, -0.15) is 0 Å². The Bertz CT molecular complexity index is 1060. The fourth-order valence-electron chi connectivity index (χ4n) is 4.73.